The van der Waals surface area contributed by atoms with Gasteiger partial charge in [-0.05, 0) is 6.07 Å². The molecule has 1 aromatic rings. The predicted molar refractivity (Wildman–Crippen MR) is 42.1 cm³/mol. The molecule has 12 heavy (non-hydrogen) atoms. The number of benzene rings is 1. The highest BCUT2D eigenvalue weighted by molar-refractivity contribution is 5.57. The fourth-order valence-electron chi connectivity index (χ4n) is 0.822. The summed E-state index contributed by atoms with van der Waals surface area (Å²) < 4.78 is 17.5. The van der Waals surface area contributed by atoms with Crippen molar-refractivity contribution in [2.45, 2.75) is 0 Å². The van der Waals surface area contributed by atoms with E-state index in [1.807, 2.05) is 0 Å². The third-order valence-corrected chi connectivity index (χ3v) is 1.44. The van der Waals surface area contributed by atoms with Crippen LogP contribution in [0.4, 0.5) is 10.1 Å². The Hall–Kier alpha value is -1.76. The minimum absolute atomic E-state index is 0.0477. The van der Waals surface area contributed by atoms with Crippen LogP contribution in [0.25, 0.3) is 0 Å². The molecule has 0 saturated carbocycles. The van der Waals surface area contributed by atoms with Crippen LogP contribution in [0.15, 0.2) is 12.1 Å². The largest absolute Gasteiger partial charge is 0.494 e. The monoisotopic (exact) mass is 166 g/mol. The molecule has 0 spiro atoms. The van der Waals surface area contributed by atoms with Gasteiger partial charge in [0, 0.05) is 6.07 Å². The number of hydrogen-bond acceptors (Lipinski definition) is 3. The van der Waals surface area contributed by atoms with Crippen molar-refractivity contribution in [3.63, 3.8) is 0 Å². The lowest BCUT2D eigenvalue weighted by molar-refractivity contribution is 0.387. The smallest absolute Gasteiger partial charge is 0.166 e. The van der Waals surface area contributed by atoms with Gasteiger partial charge in [-0.2, -0.15) is 5.26 Å². The molecule has 0 aliphatic rings. The maximum Gasteiger partial charge on any atom is 0.166 e. The highest BCUT2D eigenvalue weighted by Crippen LogP contribution is 2.22. The lowest BCUT2D eigenvalue weighted by atomic mass is 10.2. The Kier molecular flexibility index (Phi) is 2.15. The van der Waals surface area contributed by atoms with Gasteiger partial charge in [-0.25, -0.2) is 4.39 Å². The molecule has 2 N–H and O–H groups in total. The lowest BCUT2D eigenvalue weighted by Crippen LogP contribution is -1.95. The van der Waals surface area contributed by atoms with Gasteiger partial charge in [0.2, 0.25) is 0 Å². The molecule has 3 nitrogen and oxygen atoms in total. The van der Waals surface area contributed by atoms with Crippen molar-refractivity contribution >= 4 is 5.69 Å². The second-order valence-corrected chi connectivity index (χ2v) is 2.19. The summed E-state index contributed by atoms with van der Waals surface area (Å²) >= 11 is 0. The minimum Gasteiger partial charge on any atom is -0.494 e. The molecule has 0 saturated heterocycles. The number of hydrogen-bond donors (Lipinski definition) is 1. The van der Waals surface area contributed by atoms with E-state index in [1.165, 1.54) is 13.2 Å². The van der Waals surface area contributed by atoms with E-state index >= 15 is 0 Å². The van der Waals surface area contributed by atoms with Crippen molar-refractivity contribution < 1.29 is 9.13 Å². The van der Waals surface area contributed by atoms with Gasteiger partial charge in [0.25, 0.3) is 0 Å². The Morgan fingerprint density at radius 1 is 1.58 bits per heavy atom. The van der Waals surface area contributed by atoms with E-state index in [-0.39, 0.29) is 17.0 Å². The van der Waals surface area contributed by atoms with E-state index in [0.29, 0.717) is 0 Å². The molecule has 0 unspecified atom stereocenters. The maximum absolute atomic E-state index is 12.9. The maximum atomic E-state index is 12.9. The van der Waals surface area contributed by atoms with E-state index in [2.05, 4.69) is 4.74 Å². The lowest BCUT2D eigenvalue weighted by Gasteiger charge is -2.03. The summed E-state index contributed by atoms with van der Waals surface area (Å²) in [5.74, 6) is -0.533. The van der Waals surface area contributed by atoms with Crippen LogP contribution in [0.1, 0.15) is 5.56 Å². The molecule has 1 rings (SSSR count). The molecular formula is C8H7FN2O. The van der Waals surface area contributed by atoms with E-state index in [1.54, 1.807) is 6.07 Å². The number of rotatable bonds is 1. The van der Waals surface area contributed by atoms with Gasteiger partial charge in [0.05, 0.1) is 18.4 Å². The highest BCUT2D eigenvalue weighted by atomic mass is 19.1. The topological polar surface area (TPSA) is 59.0 Å². The van der Waals surface area contributed by atoms with Gasteiger partial charge < -0.3 is 10.5 Å². The van der Waals surface area contributed by atoms with E-state index in [0.717, 1.165) is 6.07 Å². The first-order chi connectivity index (χ1) is 5.69. The Morgan fingerprint density at radius 3 is 2.75 bits per heavy atom. The van der Waals surface area contributed by atoms with Crippen molar-refractivity contribution in [1.29, 1.82) is 5.26 Å². The van der Waals surface area contributed by atoms with Crippen LogP contribution in [-0.4, -0.2) is 7.11 Å². The molecule has 0 atom stereocenters. The standard InChI is InChI=1S/C8H7FN2O/c1-12-8-3-7(11)5(4-10)2-6(8)9/h2-3H,11H2,1H3. The third-order valence-electron chi connectivity index (χ3n) is 1.44. The van der Waals surface area contributed by atoms with Crippen LogP contribution in [-0.2, 0) is 0 Å². The van der Waals surface area contributed by atoms with Crippen molar-refractivity contribution in [3.8, 4) is 11.8 Å². The Balaban J connectivity index is 3.28. The second kappa shape index (κ2) is 3.09. The van der Waals surface area contributed by atoms with E-state index < -0.39 is 5.82 Å². The Labute approximate surface area is 69.2 Å². The van der Waals surface area contributed by atoms with Crippen LogP contribution in [0, 0.1) is 17.1 Å². The van der Waals surface area contributed by atoms with Crippen LogP contribution >= 0.6 is 0 Å². The van der Waals surface area contributed by atoms with Crippen molar-refractivity contribution in [3.05, 3.63) is 23.5 Å². The third kappa shape index (κ3) is 1.30. The van der Waals surface area contributed by atoms with Crippen molar-refractivity contribution in [1.82, 2.24) is 0 Å². The molecule has 0 radical (unpaired) electrons. The van der Waals surface area contributed by atoms with E-state index in [9.17, 15) is 4.39 Å². The fraction of sp³-hybridized carbons (Fsp3) is 0.125. The minimum atomic E-state index is -0.580. The number of anilines is 1. The summed E-state index contributed by atoms with van der Waals surface area (Å²) in [6.45, 7) is 0. The molecule has 0 aromatic heterocycles. The number of methoxy groups -OCH3 is 1. The first kappa shape index (κ1) is 8.34. The average molecular weight is 166 g/mol. The van der Waals surface area contributed by atoms with Gasteiger partial charge in [-0.3, -0.25) is 0 Å². The molecule has 0 aliphatic heterocycles. The number of nitrogens with two attached hydrogens (primary N) is 1. The number of ether oxygens (including phenoxy) is 1. The summed E-state index contributed by atoms with van der Waals surface area (Å²) in [6.07, 6.45) is 0. The molecule has 4 heteroatoms. The predicted octanol–water partition coefficient (Wildman–Crippen LogP) is 1.29. The van der Waals surface area contributed by atoms with Gasteiger partial charge >= 0.3 is 0 Å². The quantitative estimate of drug-likeness (QED) is 0.639. The molecule has 0 aliphatic carbocycles. The molecule has 1 aromatic carbocycles. The molecular weight excluding hydrogens is 159 g/mol. The number of nitrogen functional groups attached to an aromatic ring is 1. The summed E-state index contributed by atoms with van der Waals surface area (Å²) in [4.78, 5) is 0. The van der Waals surface area contributed by atoms with Gasteiger partial charge in [0.15, 0.2) is 11.6 Å². The first-order valence-corrected chi connectivity index (χ1v) is 3.22. The summed E-state index contributed by atoms with van der Waals surface area (Å²) in [6, 6.07) is 4.10. The summed E-state index contributed by atoms with van der Waals surface area (Å²) in [7, 11) is 1.34. The summed E-state index contributed by atoms with van der Waals surface area (Å²) in [5, 5.41) is 8.47. The van der Waals surface area contributed by atoms with Crippen LogP contribution in [0.2, 0.25) is 0 Å². The fourth-order valence-corrected chi connectivity index (χ4v) is 0.822. The molecule has 62 valence electrons. The zero-order chi connectivity index (χ0) is 9.14. The van der Waals surface area contributed by atoms with Crippen LogP contribution in [0.5, 0.6) is 5.75 Å². The molecule has 0 bridgehead atoms. The Morgan fingerprint density at radius 2 is 2.25 bits per heavy atom. The SMILES string of the molecule is COc1cc(N)c(C#N)cc1F. The normalized spacial score (nSPS) is 9.08. The van der Waals surface area contributed by atoms with Crippen LogP contribution in [0.3, 0.4) is 0 Å². The van der Waals surface area contributed by atoms with E-state index in [4.69, 9.17) is 11.0 Å². The van der Waals surface area contributed by atoms with Gasteiger partial charge in [0.1, 0.15) is 6.07 Å². The van der Waals surface area contributed by atoms with Gasteiger partial charge in [-0.15, -0.1) is 0 Å². The number of nitrogens with zero attached hydrogens (tertiary/aromatic N) is 1. The zero-order valence-corrected chi connectivity index (χ0v) is 6.47. The number of nitriles is 1. The molecule has 0 fully saturated rings. The average Bonchev–Trinajstić information content (AvgIpc) is 2.08. The molecule has 0 amide bonds. The number of halogens is 1. The first-order valence-electron chi connectivity index (χ1n) is 3.22. The molecule has 0 heterocycles. The Bertz CT molecular complexity index is 343. The van der Waals surface area contributed by atoms with Crippen molar-refractivity contribution in [2.75, 3.05) is 12.8 Å². The summed E-state index contributed by atoms with van der Waals surface area (Å²) in [5.41, 5.74) is 5.74. The van der Waals surface area contributed by atoms with Gasteiger partial charge in [-0.1, -0.05) is 0 Å². The van der Waals surface area contributed by atoms with Crippen molar-refractivity contribution in [2.24, 2.45) is 0 Å². The van der Waals surface area contributed by atoms with Crippen LogP contribution < -0.4 is 10.5 Å². The second-order valence-electron chi connectivity index (χ2n) is 2.19. The highest BCUT2D eigenvalue weighted by Gasteiger charge is 2.06. The zero-order valence-electron chi connectivity index (χ0n) is 6.47.